The van der Waals surface area contributed by atoms with Gasteiger partial charge in [-0.1, -0.05) is 53.3 Å². The highest BCUT2D eigenvalue weighted by molar-refractivity contribution is 7.16. The van der Waals surface area contributed by atoms with E-state index in [1.165, 1.54) is 23.5 Å². The quantitative estimate of drug-likeness (QED) is 0.443. The molecule has 0 saturated carbocycles. The van der Waals surface area contributed by atoms with Gasteiger partial charge in [-0.15, -0.1) is 0 Å². The maximum absolute atomic E-state index is 13.1. The number of halogens is 2. The topological polar surface area (TPSA) is 63.5 Å². The molecule has 1 aromatic heterocycles. The second kappa shape index (κ2) is 9.46. The maximum Gasteiger partial charge on any atom is 0.279 e. The molecule has 8 heteroatoms. The highest BCUT2D eigenvalue weighted by Crippen LogP contribution is 2.21. The number of carbonyl (C=O) groups is 2. The van der Waals surface area contributed by atoms with Gasteiger partial charge in [-0.25, -0.2) is 4.39 Å². The summed E-state index contributed by atoms with van der Waals surface area (Å²) in [5.41, 5.74) is 1.96. The third kappa shape index (κ3) is 4.79. The molecule has 0 saturated heterocycles. The first-order valence-corrected chi connectivity index (χ1v) is 11.1. The zero-order valence-electron chi connectivity index (χ0n) is 17.1. The summed E-state index contributed by atoms with van der Waals surface area (Å²) in [6, 6.07) is 19.5. The van der Waals surface area contributed by atoms with Gasteiger partial charge in [0.15, 0.2) is 4.80 Å². The van der Waals surface area contributed by atoms with Crippen molar-refractivity contribution in [3.63, 3.8) is 0 Å². The molecule has 0 bridgehead atoms. The van der Waals surface area contributed by atoms with Gasteiger partial charge in [-0.3, -0.25) is 9.59 Å². The normalized spacial score (nSPS) is 12.7. The maximum atomic E-state index is 13.1. The van der Waals surface area contributed by atoms with Crippen LogP contribution in [0.25, 0.3) is 10.2 Å². The van der Waals surface area contributed by atoms with Gasteiger partial charge in [0.25, 0.3) is 5.91 Å². The van der Waals surface area contributed by atoms with Crippen LogP contribution in [0.4, 0.5) is 4.39 Å². The zero-order chi connectivity index (χ0) is 22.7. The molecule has 3 aromatic carbocycles. The Morgan fingerprint density at radius 3 is 2.59 bits per heavy atom. The van der Waals surface area contributed by atoms with E-state index in [4.69, 9.17) is 11.6 Å². The Bertz CT molecular complexity index is 1360. The number of fused-ring (bicyclic) bond motifs is 1. The third-order valence-electron chi connectivity index (χ3n) is 4.95. The number of hydrogen-bond donors (Lipinski definition) is 1. The van der Waals surface area contributed by atoms with Crippen molar-refractivity contribution >= 4 is 45.0 Å². The molecule has 2 amide bonds. The van der Waals surface area contributed by atoms with Crippen LogP contribution in [0.2, 0.25) is 5.02 Å². The summed E-state index contributed by atoms with van der Waals surface area (Å²) < 4.78 is 15.8. The van der Waals surface area contributed by atoms with Gasteiger partial charge in [0, 0.05) is 17.1 Å². The number of carbonyl (C=O) groups excluding carboxylic acids is 2. The number of hydrogen-bond acceptors (Lipinski definition) is 3. The average molecular weight is 468 g/mol. The van der Waals surface area contributed by atoms with Crippen molar-refractivity contribution in [2.45, 2.75) is 19.5 Å². The van der Waals surface area contributed by atoms with Crippen LogP contribution in [0.15, 0.2) is 77.8 Å². The van der Waals surface area contributed by atoms with Crippen molar-refractivity contribution in [3.05, 3.63) is 99.6 Å². The summed E-state index contributed by atoms with van der Waals surface area (Å²) in [5, 5.41) is 3.32. The highest BCUT2D eigenvalue weighted by atomic mass is 35.5. The molecule has 162 valence electrons. The fourth-order valence-electron chi connectivity index (χ4n) is 3.27. The Labute approximate surface area is 192 Å². The minimum atomic E-state index is -0.627. The molecular weight excluding hydrogens is 449 g/mol. The van der Waals surface area contributed by atoms with Gasteiger partial charge < -0.3 is 9.88 Å². The minimum absolute atomic E-state index is 0.241. The van der Waals surface area contributed by atoms with Crippen molar-refractivity contribution in [3.8, 4) is 0 Å². The fourth-order valence-corrected chi connectivity index (χ4v) is 4.56. The van der Waals surface area contributed by atoms with Crippen molar-refractivity contribution < 1.29 is 14.0 Å². The molecule has 0 aliphatic heterocycles. The number of thiazole rings is 1. The van der Waals surface area contributed by atoms with E-state index in [0.717, 1.165) is 15.8 Å². The summed E-state index contributed by atoms with van der Waals surface area (Å²) >= 11 is 7.34. The molecule has 0 aliphatic carbocycles. The molecule has 0 radical (unpaired) electrons. The van der Waals surface area contributed by atoms with E-state index in [9.17, 15) is 14.0 Å². The molecule has 1 N–H and O–H groups in total. The van der Waals surface area contributed by atoms with Gasteiger partial charge in [-0.05, 0) is 55.0 Å². The first-order valence-electron chi connectivity index (χ1n) is 9.89. The first-order chi connectivity index (χ1) is 15.4. The first kappa shape index (κ1) is 21.9. The molecule has 1 atom stereocenters. The molecule has 32 heavy (non-hydrogen) atoms. The lowest BCUT2D eigenvalue weighted by Crippen LogP contribution is -2.34. The van der Waals surface area contributed by atoms with E-state index in [1.54, 1.807) is 47.9 Å². The van der Waals surface area contributed by atoms with Gasteiger partial charge in [0.1, 0.15) is 11.9 Å². The number of para-hydroxylation sites is 1. The summed E-state index contributed by atoms with van der Waals surface area (Å²) in [5.74, 6) is -1.01. The average Bonchev–Trinajstić information content (AvgIpc) is 3.15. The summed E-state index contributed by atoms with van der Waals surface area (Å²) in [7, 11) is 0. The summed E-state index contributed by atoms with van der Waals surface area (Å²) in [4.78, 5) is 30.4. The summed E-state index contributed by atoms with van der Waals surface area (Å²) in [6.45, 7) is 2.02. The predicted octanol–water partition coefficient (Wildman–Crippen LogP) is 5.11. The van der Waals surface area contributed by atoms with Crippen molar-refractivity contribution in [1.29, 1.82) is 0 Å². The Balaban J connectivity index is 1.67. The molecular formula is C24H19ClFN3O2S. The zero-order valence-corrected chi connectivity index (χ0v) is 18.7. The largest absolute Gasteiger partial charge is 0.350 e. The molecule has 0 fully saturated rings. The Kier molecular flexibility index (Phi) is 6.48. The van der Waals surface area contributed by atoms with E-state index in [2.05, 4.69) is 10.3 Å². The number of rotatable bonds is 5. The van der Waals surface area contributed by atoms with Crippen LogP contribution in [-0.2, 0) is 11.3 Å². The Hall–Kier alpha value is -3.29. The Morgan fingerprint density at radius 2 is 1.84 bits per heavy atom. The standard InChI is InChI=1S/C24H19ClFN3O2S/c1-15(22(30)27-14-16-9-11-19(26)12-10-16)29-20-7-2-3-8-21(20)32-24(29)28-23(31)17-5-4-6-18(25)13-17/h2-13,15H,14H2,1H3,(H,27,30). The van der Waals surface area contributed by atoms with E-state index in [0.29, 0.717) is 15.4 Å². The minimum Gasteiger partial charge on any atom is -0.350 e. The lowest BCUT2D eigenvalue weighted by molar-refractivity contribution is -0.124. The molecule has 4 rings (SSSR count). The second-order valence-electron chi connectivity index (χ2n) is 7.17. The van der Waals surface area contributed by atoms with Crippen LogP contribution in [0, 0.1) is 5.82 Å². The van der Waals surface area contributed by atoms with Crippen LogP contribution >= 0.6 is 22.9 Å². The molecule has 0 spiro atoms. The van der Waals surface area contributed by atoms with Crippen LogP contribution in [0.3, 0.4) is 0 Å². The lowest BCUT2D eigenvalue weighted by Gasteiger charge is -2.15. The smallest absolute Gasteiger partial charge is 0.279 e. The molecule has 1 heterocycles. The molecule has 4 aromatic rings. The molecule has 0 aliphatic rings. The van der Waals surface area contributed by atoms with E-state index in [1.807, 2.05) is 24.3 Å². The van der Waals surface area contributed by atoms with Crippen LogP contribution in [0.5, 0.6) is 0 Å². The van der Waals surface area contributed by atoms with E-state index < -0.39 is 11.9 Å². The SMILES string of the molecule is CC(C(=O)NCc1ccc(F)cc1)n1c(=NC(=O)c2cccc(Cl)c2)sc2ccccc21. The van der Waals surface area contributed by atoms with Gasteiger partial charge in [0.2, 0.25) is 5.91 Å². The number of nitrogens with zero attached hydrogens (tertiary/aromatic N) is 2. The van der Waals surface area contributed by atoms with Crippen molar-refractivity contribution in [2.75, 3.05) is 0 Å². The third-order valence-corrected chi connectivity index (χ3v) is 6.22. The van der Waals surface area contributed by atoms with E-state index >= 15 is 0 Å². The lowest BCUT2D eigenvalue weighted by atomic mass is 10.2. The van der Waals surface area contributed by atoms with Crippen LogP contribution in [-0.4, -0.2) is 16.4 Å². The fraction of sp³-hybridized carbons (Fsp3) is 0.125. The van der Waals surface area contributed by atoms with Crippen molar-refractivity contribution in [1.82, 2.24) is 9.88 Å². The van der Waals surface area contributed by atoms with Gasteiger partial charge in [-0.2, -0.15) is 4.99 Å². The number of aromatic nitrogens is 1. The molecule has 1 unspecified atom stereocenters. The predicted molar refractivity (Wildman–Crippen MR) is 124 cm³/mol. The summed E-state index contributed by atoms with van der Waals surface area (Å²) in [6.07, 6.45) is 0. The monoisotopic (exact) mass is 467 g/mol. The number of nitrogens with one attached hydrogen (secondary N) is 1. The molecule has 5 nitrogen and oxygen atoms in total. The van der Waals surface area contributed by atoms with Gasteiger partial charge >= 0.3 is 0 Å². The second-order valence-corrected chi connectivity index (χ2v) is 8.62. The van der Waals surface area contributed by atoms with Crippen LogP contribution in [0.1, 0.15) is 28.9 Å². The van der Waals surface area contributed by atoms with Crippen molar-refractivity contribution in [2.24, 2.45) is 4.99 Å². The van der Waals surface area contributed by atoms with Crippen LogP contribution < -0.4 is 10.1 Å². The number of benzene rings is 3. The van der Waals surface area contributed by atoms with Gasteiger partial charge in [0.05, 0.1) is 10.2 Å². The Morgan fingerprint density at radius 1 is 1.09 bits per heavy atom. The van der Waals surface area contributed by atoms with E-state index in [-0.39, 0.29) is 18.3 Å². The highest BCUT2D eigenvalue weighted by Gasteiger charge is 2.20. The number of amides is 2.